The van der Waals surface area contributed by atoms with Gasteiger partial charge in [0.05, 0.1) is 6.07 Å². The van der Waals surface area contributed by atoms with E-state index in [4.69, 9.17) is 5.26 Å². The molecule has 0 aliphatic heterocycles. The second kappa shape index (κ2) is 5.53. The van der Waals surface area contributed by atoms with Crippen LogP contribution in [-0.4, -0.2) is 23.9 Å². The lowest BCUT2D eigenvalue weighted by atomic mass is 9.82. The maximum absolute atomic E-state index is 12.0. The van der Waals surface area contributed by atoms with Gasteiger partial charge in [-0.15, -0.1) is 0 Å². The fourth-order valence-corrected chi connectivity index (χ4v) is 2.75. The summed E-state index contributed by atoms with van der Waals surface area (Å²) in [5.41, 5.74) is 0. The van der Waals surface area contributed by atoms with Crippen molar-refractivity contribution in [1.29, 1.82) is 5.26 Å². The summed E-state index contributed by atoms with van der Waals surface area (Å²) >= 11 is 0. The second-order valence-electron chi connectivity index (χ2n) is 5.50. The molecule has 17 heavy (non-hydrogen) atoms. The van der Waals surface area contributed by atoms with E-state index in [0.717, 1.165) is 51.6 Å². The minimum Gasteiger partial charge on any atom is -0.342 e. The standard InChI is InChI=1S/C14H22N2O/c1-2-16(14(17)13-7-8-13)10-12-5-3-11(9-15)4-6-12/h11-13H,2-8,10H2,1H3. The normalized spacial score (nSPS) is 28.5. The van der Waals surface area contributed by atoms with Crippen LogP contribution in [0.3, 0.4) is 0 Å². The van der Waals surface area contributed by atoms with Crippen molar-refractivity contribution < 1.29 is 4.79 Å². The van der Waals surface area contributed by atoms with E-state index in [0.29, 0.717) is 17.7 Å². The van der Waals surface area contributed by atoms with Crippen molar-refractivity contribution in [1.82, 2.24) is 4.90 Å². The Balaban J connectivity index is 1.79. The summed E-state index contributed by atoms with van der Waals surface area (Å²) in [4.78, 5) is 14.0. The van der Waals surface area contributed by atoms with Gasteiger partial charge in [-0.2, -0.15) is 5.26 Å². The van der Waals surface area contributed by atoms with E-state index in [1.54, 1.807) is 0 Å². The number of amides is 1. The van der Waals surface area contributed by atoms with E-state index < -0.39 is 0 Å². The molecule has 2 aliphatic rings. The summed E-state index contributed by atoms with van der Waals surface area (Å²) in [7, 11) is 0. The highest BCUT2D eigenvalue weighted by atomic mass is 16.2. The predicted molar refractivity (Wildman–Crippen MR) is 66.0 cm³/mol. The average Bonchev–Trinajstić information content (AvgIpc) is 3.20. The molecule has 0 N–H and O–H groups in total. The zero-order valence-electron chi connectivity index (χ0n) is 10.7. The molecule has 0 saturated heterocycles. The van der Waals surface area contributed by atoms with Crippen LogP contribution in [0.25, 0.3) is 0 Å². The van der Waals surface area contributed by atoms with Gasteiger partial charge in [0.15, 0.2) is 0 Å². The number of carbonyl (C=O) groups excluding carboxylic acids is 1. The number of carbonyl (C=O) groups is 1. The number of hydrogen-bond acceptors (Lipinski definition) is 2. The predicted octanol–water partition coefficient (Wildman–Crippen LogP) is 2.57. The molecular formula is C14H22N2O. The van der Waals surface area contributed by atoms with Gasteiger partial charge in [0.25, 0.3) is 0 Å². The second-order valence-corrected chi connectivity index (χ2v) is 5.50. The van der Waals surface area contributed by atoms with E-state index in [2.05, 4.69) is 13.0 Å². The molecule has 0 bridgehead atoms. The zero-order chi connectivity index (χ0) is 12.3. The molecule has 2 fully saturated rings. The van der Waals surface area contributed by atoms with E-state index in [-0.39, 0.29) is 5.92 Å². The SMILES string of the molecule is CCN(CC1CCC(C#N)CC1)C(=O)C1CC1. The highest BCUT2D eigenvalue weighted by molar-refractivity contribution is 5.81. The molecule has 0 atom stereocenters. The van der Waals surface area contributed by atoms with Crippen LogP contribution in [0, 0.1) is 29.1 Å². The van der Waals surface area contributed by atoms with Crippen LogP contribution in [0.4, 0.5) is 0 Å². The summed E-state index contributed by atoms with van der Waals surface area (Å²) in [6.07, 6.45) is 6.47. The Morgan fingerprint density at radius 2 is 1.88 bits per heavy atom. The Morgan fingerprint density at radius 1 is 1.24 bits per heavy atom. The van der Waals surface area contributed by atoms with Crippen molar-refractivity contribution >= 4 is 5.91 Å². The molecule has 0 spiro atoms. The first-order valence-corrected chi connectivity index (χ1v) is 6.93. The molecule has 2 rings (SSSR count). The molecule has 1 amide bonds. The highest BCUT2D eigenvalue weighted by Crippen LogP contribution is 2.33. The van der Waals surface area contributed by atoms with Crippen molar-refractivity contribution in [2.45, 2.75) is 45.4 Å². The third-order valence-corrected chi connectivity index (χ3v) is 4.13. The first-order valence-electron chi connectivity index (χ1n) is 6.93. The lowest BCUT2D eigenvalue weighted by Gasteiger charge is -2.30. The van der Waals surface area contributed by atoms with Crippen LogP contribution in [0.2, 0.25) is 0 Å². The number of hydrogen-bond donors (Lipinski definition) is 0. The van der Waals surface area contributed by atoms with Crippen molar-refractivity contribution in [3.05, 3.63) is 0 Å². The molecule has 2 saturated carbocycles. The van der Waals surface area contributed by atoms with Gasteiger partial charge in [-0.1, -0.05) is 0 Å². The topological polar surface area (TPSA) is 44.1 Å². The van der Waals surface area contributed by atoms with Crippen LogP contribution in [0.1, 0.15) is 45.4 Å². The van der Waals surface area contributed by atoms with Gasteiger partial charge in [0.2, 0.25) is 5.91 Å². The molecular weight excluding hydrogens is 212 g/mol. The largest absolute Gasteiger partial charge is 0.342 e. The van der Waals surface area contributed by atoms with E-state index >= 15 is 0 Å². The summed E-state index contributed by atoms with van der Waals surface area (Å²) in [5.74, 6) is 1.60. The third kappa shape index (κ3) is 3.21. The molecule has 0 aromatic rings. The molecule has 0 unspecified atom stereocenters. The van der Waals surface area contributed by atoms with Crippen molar-refractivity contribution in [3.63, 3.8) is 0 Å². The van der Waals surface area contributed by atoms with Crippen LogP contribution >= 0.6 is 0 Å². The molecule has 0 aromatic carbocycles. The van der Waals surface area contributed by atoms with Gasteiger partial charge in [0, 0.05) is 24.9 Å². The average molecular weight is 234 g/mol. The van der Waals surface area contributed by atoms with Crippen molar-refractivity contribution in [2.24, 2.45) is 17.8 Å². The summed E-state index contributed by atoms with van der Waals surface area (Å²) in [5, 5.41) is 8.86. The molecule has 0 radical (unpaired) electrons. The van der Waals surface area contributed by atoms with Gasteiger partial charge >= 0.3 is 0 Å². The van der Waals surface area contributed by atoms with Crippen LogP contribution in [-0.2, 0) is 4.79 Å². The van der Waals surface area contributed by atoms with E-state index in [1.807, 2.05) is 4.90 Å². The van der Waals surface area contributed by atoms with Crippen LogP contribution in [0.15, 0.2) is 0 Å². The minimum absolute atomic E-state index is 0.264. The maximum Gasteiger partial charge on any atom is 0.225 e. The van der Waals surface area contributed by atoms with Crippen LogP contribution in [0.5, 0.6) is 0 Å². The smallest absolute Gasteiger partial charge is 0.225 e. The third-order valence-electron chi connectivity index (χ3n) is 4.13. The molecule has 2 aliphatic carbocycles. The Labute approximate surface area is 104 Å². The summed E-state index contributed by atoms with van der Waals surface area (Å²) in [6, 6.07) is 2.36. The fourth-order valence-electron chi connectivity index (χ4n) is 2.75. The Bertz CT molecular complexity index is 309. The molecule has 3 nitrogen and oxygen atoms in total. The number of nitriles is 1. The van der Waals surface area contributed by atoms with Gasteiger partial charge in [-0.05, 0) is 51.4 Å². The molecule has 0 aromatic heterocycles. The fraction of sp³-hybridized carbons (Fsp3) is 0.857. The van der Waals surface area contributed by atoms with Gasteiger partial charge in [-0.25, -0.2) is 0 Å². The lowest BCUT2D eigenvalue weighted by Crippen LogP contribution is -2.37. The highest BCUT2D eigenvalue weighted by Gasteiger charge is 2.34. The number of rotatable bonds is 4. The van der Waals surface area contributed by atoms with Crippen molar-refractivity contribution in [3.8, 4) is 6.07 Å². The van der Waals surface area contributed by atoms with Crippen molar-refractivity contribution in [2.75, 3.05) is 13.1 Å². The summed E-state index contributed by atoms with van der Waals surface area (Å²) in [6.45, 7) is 3.83. The Morgan fingerprint density at radius 3 is 2.35 bits per heavy atom. The minimum atomic E-state index is 0.264. The Hall–Kier alpha value is -1.04. The van der Waals surface area contributed by atoms with Gasteiger partial charge in [-0.3, -0.25) is 4.79 Å². The van der Waals surface area contributed by atoms with E-state index in [1.165, 1.54) is 0 Å². The monoisotopic (exact) mass is 234 g/mol. The number of nitrogens with zero attached hydrogens (tertiary/aromatic N) is 2. The first-order chi connectivity index (χ1) is 8.24. The quantitative estimate of drug-likeness (QED) is 0.750. The first kappa shape index (κ1) is 12.4. The summed E-state index contributed by atoms with van der Waals surface area (Å²) < 4.78 is 0. The van der Waals surface area contributed by atoms with Gasteiger partial charge < -0.3 is 4.90 Å². The van der Waals surface area contributed by atoms with E-state index in [9.17, 15) is 4.79 Å². The van der Waals surface area contributed by atoms with Crippen LogP contribution < -0.4 is 0 Å². The molecule has 94 valence electrons. The molecule has 0 heterocycles. The molecule has 3 heteroatoms. The lowest BCUT2D eigenvalue weighted by molar-refractivity contribution is -0.133. The maximum atomic E-state index is 12.0. The Kier molecular flexibility index (Phi) is 4.04. The zero-order valence-corrected chi connectivity index (χ0v) is 10.7. The van der Waals surface area contributed by atoms with Gasteiger partial charge in [0.1, 0.15) is 0 Å².